The van der Waals surface area contributed by atoms with Crippen molar-refractivity contribution in [1.82, 2.24) is 0 Å². The zero-order valence-corrected chi connectivity index (χ0v) is 6.85. The number of thioether (sulfide) groups is 1. The van der Waals surface area contributed by atoms with E-state index in [1.54, 1.807) is 0 Å². The summed E-state index contributed by atoms with van der Waals surface area (Å²) in [5.41, 5.74) is 0. The molecule has 0 bridgehead atoms. The Morgan fingerprint density at radius 1 is 1.40 bits per heavy atom. The van der Waals surface area contributed by atoms with Crippen molar-refractivity contribution >= 4 is 11.8 Å². The summed E-state index contributed by atoms with van der Waals surface area (Å²) in [6, 6.07) is 0. The average molecular weight is 172 g/mol. The van der Waals surface area contributed by atoms with Crippen LogP contribution in [0.25, 0.3) is 0 Å². The van der Waals surface area contributed by atoms with Crippen LogP contribution in [0.5, 0.6) is 0 Å². The second kappa shape index (κ2) is 4.11. The molecule has 0 rings (SSSR count). The van der Waals surface area contributed by atoms with Gasteiger partial charge in [-0.25, -0.2) is 0 Å². The maximum absolute atomic E-state index is 11.8. The zero-order valence-electron chi connectivity index (χ0n) is 6.03. The van der Waals surface area contributed by atoms with Gasteiger partial charge in [-0.1, -0.05) is 13.8 Å². The Hall–Kier alpha value is 0.140. The van der Waals surface area contributed by atoms with E-state index in [1.165, 1.54) is 18.7 Å². The maximum atomic E-state index is 11.8. The fraction of sp³-hybridized carbons (Fsp3) is 1.00. The molecule has 0 amide bonds. The number of halogens is 3. The van der Waals surface area contributed by atoms with E-state index in [0.29, 0.717) is 0 Å². The first-order chi connectivity index (χ1) is 4.48. The van der Waals surface area contributed by atoms with Gasteiger partial charge >= 0.3 is 6.18 Å². The molecule has 0 spiro atoms. The van der Waals surface area contributed by atoms with Gasteiger partial charge in [-0.05, 0) is 5.75 Å². The van der Waals surface area contributed by atoms with Crippen LogP contribution in [0.2, 0.25) is 0 Å². The normalized spacial score (nSPS) is 15.3. The Kier molecular flexibility index (Phi) is 4.17. The molecule has 62 valence electrons. The lowest BCUT2D eigenvalue weighted by atomic mass is 10.2. The van der Waals surface area contributed by atoms with Crippen LogP contribution >= 0.6 is 11.8 Å². The van der Waals surface area contributed by atoms with Crippen molar-refractivity contribution in [2.75, 3.05) is 11.5 Å². The predicted molar refractivity (Wildman–Crippen MR) is 38.2 cm³/mol. The maximum Gasteiger partial charge on any atom is 0.392 e. The Labute approximate surface area is 63.2 Å². The van der Waals surface area contributed by atoms with Crippen LogP contribution in [0.1, 0.15) is 13.8 Å². The van der Waals surface area contributed by atoms with Crippen molar-refractivity contribution in [2.45, 2.75) is 20.0 Å². The van der Waals surface area contributed by atoms with Crippen LogP contribution in [0.3, 0.4) is 0 Å². The molecule has 10 heavy (non-hydrogen) atoms. The van der Waals surface area contributed by atoms with Gasteiger partial charge in [0.25, 0.3) is 0 Å². The number of hydrogen-bond acceptors (Lipinski definition) is 1. The SMILES string of the molecule is CCSCC(C)C(F)(F)F. The van der Waals surface area contributed by atoms with E-state index in [2.05, 4.69) is 0 Å². The smallest absolute Gasteiger partial charge is 0.171 e. The van der Waals surface area contributed by atoms with Gasteiger partial charge in [0.1, 0.15) is 0 Å². The van der Waals surface area contributed by atoms with Crippen molar-refractivity contribution < 1.29 is 13.2 Å². The summed E-state index contributed by atoms with van der Waals surface area (Å²) in [5.74, 6) is -0.238. The van der Waals surface area contributed by atoms with Crippen LogP contribution < -0.4 is 0 Å². The molecule has 1 atom stereocenters. The fourth-order valence-electron chi connectivity index (χ4n) is 0.389. The van der Waals surface area contributed by atoms with Crippen LogP contribution in [-0.2, 0) is 0 Å². The highest BCUT2D eigenvalue weighted by molar-refractivity contribution is 7.99. The molecule has 0 aromatic rings. The van der Waals surface area contributed by atoms with Gasteiger partial charge in [-0.2, -0.15) is 24.9 Å². The van der Waals surface area contributed by atoms with E-state index in [-0.39, 0.29) is 5.75 Å². The summed E-state index contributed by atoms with van der Waals surface area (Å²) in [7, 11) is 0. The van der Waals surface area contributed by atoms with Crippen LogP contribution in [0, 0.1) is 5.92 Å². The average Bonchev–Trinajstić information content (AvgIpc) is 1.80. The largest absolute Gasteiger partial charge is 0.392 e. The molecule has 0 saturated heterocycles. The summed E-state index contributed by atoms with van der Waals surface area (Å²) >= 11 is 1.32. The third-order valence-corrected chi connectivity index (χ3v) is 2.27. The molecule has 0 N–H and O–H groups in total. The molecule has 0 saturated carbocycles. The predicted octanol–water partition coefficient (Wildman–Crippen LogP) is 2.94. The quantitative estimate of drug-likeness (QED) is 0.630. The van der Waals surface area contributed by atoms with Gasteiger partial charge in [0.05, 0.1) is 5.92 Å². The Morgan fingerprint density at radius 2 is 1.90 bits per heavy atom. The lowest BCUT2D eigenvalue weighted by Gasteiger charge is -2.13. The van der Waals surface area contributed by atoms with E-state index in [0.717, 1.165) is 5.75 Å². The standard InChI is InChI=1S/C6H11F3S/c1-3-10-4-5(2)6(7,8)9/h5H,3-4H2,1-2H3. The molecule has 4 heteroatoms. The second-order valence-corrected chi connectivity index (χ2v) is 3.42. The third-order valence-electron chi connectivity index (χ3n) is 1.13. The molecule has 0 heterocycles. The lowest BCUT2D eigenvalue weighted by molar-refractivity contribution is -0.162. The number of hydrogen-bond donors (Lipinski definition) is 0. The minimum atomic E-state index is -4.01. The second-order valence-electron chi connectivity index (χ2n) is 2.10. The molecule has 1 unspecified atom stereocenters. The zero-order chi connectivity index (χ0) is 8.20. The first-order valence-electron chi connectivity index (χ1n) is 3.13. The first-order valence-corrected chi connectivity index (χ1v) is 4.28. The Morgan fingerprint density at radius 3 is 2.20 bits per heavy atom. The fourth-order valence-corrected chi connectivity index (χ4v) is 1.17. The van der Waals surface area contributed by atoms with Crippen molar-refractivity contribution in [3.05, 3.63) is 0 Å². The van der Waals surface area contributed by atoms with Gasteiger partial charge < -0.3 is 0 Å². The summed E-state index contributed by atoms with van der Waals surface area (Å²) < 4.78 is 35.3. The van der Waals surface area contributed by atoms with Crippen molar-refractivity contribution in [3.8, 4) is 0 Å². The molecule has 0 aliphatic carbocycles. The molecule has 0 radical (unpaired) electrons. The highest BCUT2D eigenvalue weighted by Gasteiger charge is 2.35. The van der Waals surface area contributed by atoms with Crippen molar-refractivity contribution in [2.24, 2.45) is 5.92 Å². The molecular formula is C6H11F3S. The van der Waals surface area contributed by atoms with Gasteiger partial charge in [0.15, 0.2) is 0 Å². The third kappa shape index (κ3) is 4.04. The topological polar surface area (TPSA) is 0 Å². The van der Waals surface area contributed by atoms with Gasteiger partial charge in [-0.3, -0.25) is 0 Å². The van der Waals surface area contributed by atoms with Crippen LogP contribution in [-0.4, -0.2) is 17.7 Å². The van der Waals surface area contributed by atoms with Gasteiger partial charge in [0, 0.05) is 5.75 Å². The van der Waals surface area contributed by atoms with E-state index in [4.69, 9.17) is 0 Å². The molecule has 0 nitrogen and oxygen atoms in total. The summed E-state index contributed by atoms with van der Waals surface area (Å²) in [5, 5.41) is 0. The molecule has 0 aromatic heterocycles. The molecule has 0 aliphatic heterocycles. The Bertz CT molecular complexity index is 89.5. The van der Waals surface area contributed by atoms with Crippen LogP contribution in [0.4, 0.5) is 13.2 Å². The summed E-state index contributed by atoms with van der Waals surface area (Å²) in [4.78, 5) is 0. The van der Waals surface area contributed by atoms with E-state index in [1.807, 2.05) is 6.92 Å². The molecule has 0 aliphatic rings. The molecule has 0 fully saturated rings. The number of rotatable bonds is 3. The molecular weight excluding hydrogens is 161 g/mol. The monoisotopic (exact) mass is 172 g/mol. The van der Waals surface area contributed by atoms with E-state index < -0.39 is 12.1 Å². The lowest BCUT2D eigenvalue weighted by Crippen LogP contribution is -2.21. The van der Waals surface area contributed by atoms with E-state index in [9.17, 15) is 13.2 Å². The van der Waals surface area contributed by atoms with Gasteiger partial charge in [0.2, 0.25) is 0 Å². The van der Waals surface area contributed by atoms with E-state index >= 15 is 0 Å². The molecule has 0 aromatic carbocycles. The van der Waals surface area contributed by atoms with Gasteiger partial charge in [-0.15, -0.1) is 0 Å². The highest BCUT2D eigenvalue weighted by Crippen LogP contribution is 2.28. The van der Waals surface area contributed by atoms with Crippen molar-refractivity contribution in [1.29, 1.82) is 0 Å². The highest BCUT2D eigenvalue weighted by atomic mass is 32.2. The first kappa shape index (κ1) is 10.1. The van der Waals surface area contributed by atoms with Crippen molar-refractivity contribution in [3.63, 3.8) is 0 Å². The number of alkyl halides is 3. The minimum Gasteiger partial charge on any atom is -0.171 e. The summed E-state index contributed by atoms with van der Waals surface area (Å²) in [6.07, 6.45) is -4.01. The Balaban J connectivity index is 3.52. The summed E-state index contributed by atoms with van der Waals surface area (Å²) in [6.45, 7) is 3.07. The minimum absolute atomic E-state index is 0.181. The van der Waals surface area contributed by atoms with Crippen LogP contribution in [0.15, 0.2) is 0 Å².